The van der Waals surface area contributed by atoms with Crippen LogP contribution in [-0.2, 0) is 14.3 Å². The summed E-state index contributed by atoms with van der Waals surface area (Å²) in [6.07, 6.45) is 2.66. The van der Waals surface area contributed by atoms with Gasteiger partial charge < -0.3 is 14.8 Å². The van der Waals surface area contributed by atoms with Crippen molar-refractivity contribution in [1.29, 1.82) is 0 Å². The SMILES string of the molecule is CNCC(C)C(=O)C1CCOC2(CCOC2)C1. The van der Waals surface area contributed by atoms with Crippen LogP contribution in [0.15, 0.2) is 0 Å². The Balaban J connectivity index is 1.94. The Morgan fingerprint density at radius 2 is 2.35 bits per heavy atom. The van der Waals surface area contributed by atoms with E-state index in [1.807, 2.05) is 14.0 Å². The number of nitrogens with one attached hydrogen (secondary N) is 1. The van der Waals surface area contributed by atoms with E-state index in [1.165, 1.54) is 0 Å². The third-order valence-corrected chi connectivity index (χ3v) is 3.96. The number of ether oxygens (including phenoxy) is 2. The Morgan fingerprint density at radius 3 is 3.00 bits per heavy atom. The van der Waals surface area contributed by atoms with Crippen LogP contribution in [-0.4, -0.2) is 44.8 Å². The molecule has 0 amide bonds. The van der Waals surface area contributed by atoms with Gasteiger partial charge in [0, 0.05) is 38.0 Å². The molecular formula is C13H23NO3. The van der Waals surface area contributed by atoms with E-state index in [-0.39, 0.29) is 17.4 Å². The fourth-order valence-electron chi connectivity index (χ4n) is 2.94. The molecule has 2 saturated heterocycles. The lowest BCUT2D eigenvalue weighted by atomic mass is 9.80. The maximum absolute atomic E-state index is 12.3. The van der Waals surface area contributed by atoms with Crippen LogP contribution in [0.1, 0.15) is 26.2 Å². The van der Waals surface area contributed by atoms with E-state index in [0.29, 0.717) is 19.0 Å². The summed E-state index contributed by atoms with van der Waals surface area (Å²) in [6.45, 7) is 4.90. The minimum absolute atomic E-state index is 0.0995. The minimum atomic E-state index is -0.155. The molecule has 0 aliphatic carbocycles. The van der Waals surface area contributed by atoms with E-state index in [0.717, 1.165) is 32.4 Å². The molecule has 0 aromatic rings. The normalized spacial score (nSPS) is 35.1. The molecule has 3 atom stereocenters. The second-order valence-electron chi connectivity index (χ2n) is 5.38. The first-order valence-electron chi connectivity index (χ1n) is 6.57. The van der Waals surface area contributed by atoms with Gasteiger partial charge in [0.15, 0.2) is 0 Å². The van der Waals surface area contributed by atoms with Crippen molar-refractivity contribution in [3.05, 3.63) is 0 Å². The number of carbonyl (C=O) groups is 1. The monoisotopic (exact) mass is 241 g/mol. The lowest BCUT2D eigenvalue weighted by molar-refractivity contribution is -0.140. The Kier molecular flexibility index (Phi) is 4.17. The summed E-state index contributed by atoms with van der Waals surface area (Å²) in [5.74, 6) is 0.644. The van der Waals surface area contributed by atoms with Gasteiger partial charge in [-0.25, -0.2) is 0 Å². The molecule has 4 nitrogen and oxygen atoms in total. The summed E-state index contributed by atoms with van der Waals surface area (Å²) in [7, 11) is 1.89. The van der Waals surface area contributed by atoms with Crippen LogP contribution in [0.2, 0.25) is 0 Å². The summed E-state index contributed by atoms with van der Waals surface area (Å²) >= 11 is 0. The largest absolute Gasteiger partial charge is 0.378 e. The van der Waals surface area contributed by atoms with Crippen molar-refractivity contribution in [1.82, 2.24) is 5.32 Å². The highest BCUT2D eigenvalue weighted by Crippen LogP contribution is 2.36. The molecule has 1 N–H and O–H groups in total. The predicted octanol–water partition coefficient (Wildman–Crippen LogP) is 0.997. The zero-order valence-corrected chi connectivity index (χ0v) is 10.8. The van der Waals surface area contributed by atoms with Gasteiger partial charge in [0.2, 0.25) is 0 Å². The summed E-state index contributed by atoms with van der Waals surface area (Å²) < 4.78 is 11.3. The number of rotatable bonds is 4. The lowest BCUT2D eigenvalue weighted by Crippen LogP contribution is -2.44. The molecule has 4 heteroatoms. The van der Waals surface area contributed by atoms with E-state index in [2.05, 4.69) is 5.32 Å². The topological polar surface area (TPSA) is 47.6 Å². The van der Waals surface area contributed by atoms with Crippen molar-refractivity contribution in [3.8, 4) is 0 Å². The molecule has 2 heterocycles. The number of carbonyl (C=O) groups excluding carboxylic acids is 1. The molecular weight excluding hydrogens is 218 g/mol. The van der Waals surface area contributed by atoms with E-state index in [1.54, 1.807) is 0 Å². The van der Waals surface area contributed by atoms with Crippen molar-refractivity contribution in [3.63, 3.8) is 0 Å². The summed E-state index contributed by atoms with van der Waals surface area (Å²) in [6, 6.07) is 0. The van der Waals surface area contributed by atoms with Gasteiger partial charge in [-0.05, 0) is 19.9 Å². The van der Waals surface area contributed by atoms with Gasteiger partial charge in [-0.2, -0.15) is 0 Å². The zero-order chi connectivity index (χ0) is 12.3. The molecule has 0 aromatic carbocycles. The van der Waals surface area contributed by atoms with Gasteiger partial charge in [-0.3, -0.25) is 4.79 Å². The van der Waals surface area contributed by atoms with Crippen molar-refractivity contribution in [2.75, 3.05) is 33.4 Å². The van der Waals surface area contributed by atoms with Gasteiger partial charge in [0.25, 0.3) is 0 Å². The average Bonchev–Trinajstić information content (AvgIpc) is 2.76. The predicted molar refractivity (Wildman–Crippen MR) is 64.9 cm³/mol. The number of hydrogen-bond acceptors (Lipinski definition) is 4. The van der Waals surface area contributed by atoms with E-state index < -0.39 is 0 Å². The molecule has 0 aromatic heterocycles. The van der Waals surface area contributed by atoms with Crippen molar-refractivity contribution in [2.24, 2.45) is 11.8 Å². The first-order valence-corrected chi connectivity index (χ1v) is 6.57. The highest BCUT2D eigenvalue weighted by Gasteiger charge is 2.43. The van der Waals surface area contributed by atoms with Crippen LogP contribution in [0.5, 0.6) is 0 Å². The van der Waals surface area contributed by atoms with Crippen LogP contribution in [0.25, 0.3) is 0 Å². The van der Waals surface area contributed by atoms with Gasteiger partial charge in [0.1, 0.15) is 5.78 Å². The lowest BCUT2D eigenvalue weighted by Gasteiger charge is -2.37. The molecule has 2 fully saturated rings. The quantitative estimate of drug-likeness (QED) is 0.797. The van der Waals surface area contributed by atoms with Crippen molar-refractivity contribution in [2.45, 2.75) is 31.8 Å². The highest BCUT2D eigenvalue weighted by molar-refractivity contribution is 5.83. The second-order valence-corrected chi connectivity index (χ2v) is 5.38. The molecule has 1 spiro atoms. The molecule has 0 radical (unpaired) electrons. The summed E-state index contributed by atoms with van der Waals surface area (Å²) in [5, 5.41) is 3.07. The second kappa shape index (κ2) is 5.46. The number of ketones is 1. The van der Waals surface area contributed by atoms with Gasteiger partial charge >= 0.3 is 0 Å². The van der Waals surface area contributed by atoms with Crippen molar-refractivity contribution >= 4 is 5.78 Å². The third kappa shape index (κ3) is 2.87. The summed E-state index contributed by atoms with van der Waals surface area (Å²) in [4.78, 5) is 12.3. The molecule has 2 aliphatic rings. The molecule has 17 heavy (non-hydrogen) atoms. The van der Waals surface area contributed by atoms with Crippen molar-refractivity contribution < 1.29 is 14.3 Å². The number of Topliss-reactive ketones (excluding diaryl/α,β-unsaturated/α-hetero) is 1. The molecule has 0 saturated carbocycles. The summed E-state index contributed by atoms with van der Waals surface area (Å²) in [5.41, 5.74) is -0.155. The maximum atomic E-state index is 12.3. The van der Waals surface area contributed by atoms with E-state index in [4.69, 9.17) is 9.47 Å². The van der Waals surface area contributed by atoms with Crippen LogP contribution < -0.4 is 5.32 Å². The van der Waals surface area contributed by atoms with Gasteiger partial charge in [-0.15, -0.1) is 0 Å². The Morgan fingerprint density at radius 1 is 1.53 bits per heavy atom. The smallest absolute Gasteiger partial charge is 0.140 e. The first-order chi connectivity index (χ1) is 8.17. The van der Waals surface area contributed by atoms with Crippen LogP contribution in [0.4, 0.5) is 0 Å². The molecule has 3 unspecified atom stereocenters. The molecule has 2 aliphatic heterocycles. The Labute approximate surface area is 103 Å². The maximum Gasteiger partial charge on any atom is 0.140 e. The highest BCUT2D eigenvalue weighted by atomic mass is 16.6. The molecule has 0 bridgehead atoms. The third-order valence-electron chi connectivity index (χ3n) is 3.96. The van der Waals surface area contributed by atoms with Crippen LogP contribution >= 0.6 is 0 Å². The zero-order valence-electron chi connectivity index (χ0n) is 10.8. The van der Waals surface area contributed by atoms with E-state index in [9.17, 15) is 4.79 Å². The van der Waals surface area contributed by atoms with Crippen LogP contribution in [0.3, 0.4) is 0 Å². The van der Waals surface area contributed by atoms with E-state index >= 15 is 0 Å². The molecule has 98 valence electrons. The fraction of sp³-hybridized carbons (Fsp3) is 0.923. The molecule has 2 rings (SSSR count). The number of hydrogen-bond donors (Lipinski definition) is 1. The first kappa shape index (κ1) is 13.0. The average molecular weight is 241 g/mol. The van der Waals surface area contributed by atoms with Gasteiger partial charge in [0.05, 0.1) is 12.2 Å². The van der Waals surface area contributed by atoms with Crippen LogP contribution in [0, 0.1) is 11.8 Å². The fourth-order valence-corrected chi connectivity index (χ4v) is 2.94. The van der Waals surface area contributed by atoms with Gasteiger partial charge in [-0.1, -0.05) is 6.92 Å². The Hall–Kier alpha value is -0.450. The Bertz CT molecular complexity index is 274. The minimum Gasteiger partial charge on any atom is -0.378 e. The standard InChI is InChI=1S/C13H23NO3/c1-10(8-14-2)12(15)11-3-5-17-13(7-11)4-6-16-9-13/h10-11,14H,3-9H2,1-2H3.